The summed E-state index contributed by atoms with van der Waals surface area (Å²) in [4.78, 5) is 46.9. The second-order valence-electron chi connectivity index (χ2n) is 10.6. The fourth-order valence-electron chi connectivity index (χ4n) is 4.45. The van der Waals surface area contributed by atoms with E-state index in [0.29, 0.717) is 37.6 Å². The maximum absolute atomic E-state index is 12.0. The van der Waals surface area contributed by atoms with Crippen molar-refractivity contribution in [3.8, 4) is 0 Å². The second kappa shape index (κ2) is 25.5. The van der Waals surface area contributed by atoms with Gasteiger partial charge in [-0.25, -0.2) is 0 Å². The number of allylic oxidation sites excluding steroid dienone is 6. The highest BCUT2D eigenvalue weighted by atomic mass is 16.5. The Morgan fingerprint density at radius 3 is 1.24 bits per heavy atom. The molecule has 236 valence electrons. The molecule has 0 fully saturated rings. The maximum Gasteiger partial charge on any atom is 0.309 e. The molecule has 0 radical (unpaired) electrons. The van der Waals surface area contributed by atoms with Gasteiger partial charge >= 0.3 is 23.9 Å². The standard InChI is InChI=1S/C34H52O8/c1-29(35)41-31-21-13-9-5-3-7-11-19-28-40-34(38)26-18-16-24-32(42-30(2)36)22-14-10-6-4-8-12-20-27-39-33(37)25-17-15-23-31/h15-18,23-24H,3-14,19-22,25-28H2,1-2H3/b17-15-,18-16-,31-23+,32-24+. The molecule has 1 heterocycles. The Hall–Kier alpha value is -3.16. The van der Waals surface area contributed by atoms with Crippen LogP contribution in [0.3, 0.4) is 0 Å². The number of rotatable bonds is 2. The molecule has 1 aliphatic heterocycles. The molecule has 1 rings (SSSR count). The third-order valence-electron chi connectivity index (χ3n) is 6.62. The van der Waals surface area contributed by atoms with E-state index in [1.807, 2.05) is 0 Å². The summed E-state index contributed by atoms with van der Waals surface area (Å²) in [5.41, 5.74) is 0. The van der Waals surface area contributed by atoms with E-state index in [0.717, 1.165) is 89.9 Å². The van der Waals surface area contributed by atoms with E-state index in [1.165, 1.54) is 13.8 Å². The fraction of sp³-hybridized carbons (Fsp3) is 0.647. The average molecular weight is 589 g/mol. The van der Waals surface area contributed by atoms with Gasteiger partial charge in [0.15, 0.2) is 0 Å². The zero-order valence-corrected chi connectivity index (χ0v) is 25.9. The fourth-order valence-corrected chi connectivity index (χ4v) is 4.45. The lowest BCUT2D eigenvalue weighted by Crippen LogP contribution is -2.04. The van der Waals surface area contributed by atoms with Crippen LogP contribution in [0.2, 0.25) is 0 Å². The summed E-state index contributed by atoms with van der Waals surface area (Å²) in [6.07, 6.45) is 26.2. The van der Waals surface area contributed by atoms with Gasteiger partial charge in [0.1, 0.15) is 11.5 Å². The number of carbonyl (C=O) groups excluding carboxylic acids is 4. The van der Waals surface area contributed by atoms with Crippen molar-refractivity contribution in [2.24, 2.45) is 0 Å². The van der Waals surface area contributed by atoms with Gasteiger partial charge in [-0.1, -0.05) is 88.5 Å². The highest BCUT2D eigenvalue weighted by Gasteiger charge is 2.05. The summed E-state index contributed by atoms with van der Waals surface area (Å²) in [7, 11) is 0. The lowest BCUT2D eigenvalue weighted by atomic mass is 10.1. The van der Waals surface area contributed by atoms with Crippen LogP contribution in [0.1, 0.15) is 129 Å². The van der Waals surface area contributed by atoms with Crippen molar-refractivity contribution in [3.63, 3.8) is 0 Å². The molecule has 0 saturated carbocycles. The number of hydrogen-bond acceptors (Lipinski definition) is 8. The van der Waals surface area contributed by atoms with E-state index in [-0.39, 0.29) is 36.7 Å². The second-order valence-corrected chi connectivity index (χ2v) is 10.6. The summed E-state index contributed by atoms with van der Waals surface area (Å²) < 4.78 is 21.3. The zero-order valence-electron chi connectivity index (χ0n) is 25.9. The van der Waals surface area contributed by atoms with Crippen LogP contribution in [0, 0.1) is 0 Å². The molecule has 0 saturated heterocycles. The Kier molecular flexibility index (Phi) is 22.4. The van der Waals surface area contributed by atoms with Crippen molar-refractivity contribution in [2.45, 2.75) is 129 Å². The molecule has 0 atom stereocenters. The quantitative estimate of drug-likeness (QED) is 0.235. The highest BCUT2D eigenvalue weighted by Crippen LogP contribution is 2.16. The SMILES string of the molecule is CC(=O)O/C1=C/C=C\CC(=O)OCCCCCCCCC/C(OC(C)=O)=C\C=C/CC(=O)OCCCCCCCCC1. The average Bonchev–Trinajstić information content (AvgIpc) is 2.93. The first-order chi connectivity index (χ1) is 20.4. The van der Waals surface area contributed by atoms with Crippen molar-refractivity contribution >= 4 is 23.9 Å². The van der Waals surface area contributed by atoms with Gasteiger partial charge in [-0.15, -0.1) is 0 Å². The van der Waals surface area contributed by atoms with E-state index < -0.39 is 0 Å². The maximum atomic E-state index is 12.0. The molecule has 0 spiro atoms. The van der Waals surface area contributed by atoms with E-state index in [1.54, 1.807) is 36.5 Å². The summed E-state index contributed by atoms with van der Waals surface area (Å²) in [6, 6.07) is 0. The van der Waals surface area contributed by atoms with Crippen LogP contribution in [-0.2, 0) is 38.1 Å². The predicted octanol–water partition coefficient (Wildman–Crippen LogP) is 8.11. The van der Waals surface area contributed by atoms with Gasteiger partial charge in [-0.05, 0) is 37.8 Å². The van der Waals surface area contributed by atoms with Crippen LogP contribution < -0.4 is 0 Å². The minimum absolute atomic E-state index is 0.183. The molecule has 0 unspecified atom stereocenters. The Morgan fingerprint density at radius 2 is 0.881 bits per heavy atom. The van der Waals surface area contributed by atoms with Gasteiger partial charge in [0.2, 0.25) is 0 Å². The molecular weight excluding hydrogens is 536 g/mol. The first-order valence-corrected chi connectivity index (χ1v) is 15.8. The molecule has 0 aliphatic carbocycles. The van der Waals surface area contributed by atoms with Crippen molar-refractivity contribution in [1.82, 2.24) is 0 Å². The number of ether oxygens (including phenoxy) is 4. The van der Waals surface area contributed by atoms with E-state index >= 15 is 0 Å². The van der Waals surface area contributed by atoms with Crippen LogP contribution in [0.25, 0.3) is 0 Å². The topological polar surface area (TPSA) is 105 Å². The smallest absolute Gasteiger partial charge is 0.309 e. The molecule has 0 amide bonds. The number of carbonyl (C=O) groups is 4. The minimum Gasteiger partial charge on any atom is -0.465 e. The molecule has 0 aromatic rings. The van der Waals surface area contributed by atoms with Crippen LogP contribution in [0.15, 0.2) is 48.0 Å². The van der Waals surface area contributed by atoms with Crippen molar-refractivity contribution < 1.29 is 38.1 Å². The van der Waals surface area contributed by atoms with Gasteiger partial charge in [-0.3, -0.25) is 19.2 Å². The number of esters is 4. The summed E-state index contributed by atoms with van der Waals surface area (Å²) >= 11 is 0. The summed E-state index contributed by atoms with van der Waals surface area (Å²) in [5, 5.41) is 0. The third-order valence-corrected chi connectivity index (χ3v) is 6.62. The van der Waals surface area contributed by atoms with Crippen molar-refractivity contribution in [3.05, 3.63) is 48.0 Å². The zero-order chi connectivity index (χ0) is 30.7. The van der Waals surface area contributed by atoms with Crippen LogP contribution >= 0.6 is 0 Å². The lowest BCUT2D eigenvalue weighted by molar-refractivity contribution is -0.143. The molecule has 0 N–H and O–H groups in total. The van der Waals surface area contributed by atoms with E-state index in [2.05, 4.69) is 0 Å². The Bertz CT molecular complexity index is 839. The van der Waals surface area contributed by atoms with Crippen LogP contribution in [-0.4, -0.2) is 37.1 Å². The number of cyclic esters (lactones) is 2. The van der Waals surface area contributed by atoms with Crippen LogP contribution in [0.5, 0.6) is 0 Å². The molecular formula is C34H52O8. The van der Waals surface area contributed by atoms with E-state index in [4.69, 9.17) is 18.9 Å². The predicted molar refractivity (Wildman–Crippen MR) is 163 cm³/mol. The summed E-state index contributed by atoms with van der Waals surface area (Å²) in [5.74, 6) is -0.00151. The normalized spacial score (nSPS) is 23.5. The Morgan fingerprint density at radius 1 is 0.548 bits per heavy atom. The van der Waals surface area contributed by atoms with Gasteiger partial charge in [0, 0.05) is 26.7 Å². The molecule has 8 heteroatoms. The molecule has 8 nitrogen and oxygen atoms in total. The molecule has 0 bridgehead atoms. The lowest BCUT2D eigenvalue weighted by Gasteiger charge is -2.07. The monoisotopic (exact) mass is 588 g/mol. The molecule has 1 aliphatic rings. The molecule has 0 aromatic heterocycles. The van der Waals surface area contributed by atoms with Crippen LogP contribution in [0.4, 0.5) is 0 Å². The van der Waals surface area contributed by atoms with Gasteiger partial charge < -0.3 is 18.9 Å². The number of hydrogen-bond donors (Lipinski definition) is 0. The Balaban J connectivity index is 2.57. The van der Waals surface area contributed by atoms with Crippen molar-refractivity contribution in [1.29, 1.82) is 0 Å². The van der Waals surface area contributed by atoms with Gasteiger partial charge in [0.25, 0.3) is 0 Å². The Labute approximate surface area is 252 Å². The highest BCUT2D eigenvalue weighted by molar-refractivity contribution is 5.71. The van der Waals surface area contributed by atoms with E-state index in [9.17, 15) is 19.2 Å². The minimum atomic E-state index is -0.348. The third kappa shape index (κ3) is 23.5. The summed E-state index contributed by atoms with van der Waals surface area (Å²) in [6.45, 7) is 3.62. The first-order valence-electron chi connectivity index (χ1n) is 15.8. The largest absolute Gasteiger partial charge is 0.465 e. The van der Waals surface area contributed by atoms with Gasteiger partial charge in [-0.2, -0.15) is 0 Å². The van der Waals surface area contributed by atoms with Gasteiger partial charge in [0.05, 0.1) is 26.1 Å². The first kappa shape index (κ1) is 36.9. The molecule has 0 aromatic carbocycles. The van der Waals surface area contributed by atoms with Crippen molar-refractivity contribution in [2.75, 3.05) is 13.2 Å². The molecule has 42 heavy (non-hydrogen) atoms.